The number of hydrogen-bond acceptors (Lipinski definition) is 5. The Hall–Kier alpha value is -3.16. The van der Waals surface area contributed by atoms with Crippen LogP contribution >= 0.6 is 0 Å². The second-order valence-corrected chi connectivity index (χ2v) is 10.1. The summed E-state index contributed by atoms with van der Waals surface area (Å²) in [5.74, 6) is 0.292. The predicted octanol–water partition coefficient (Wildman–Crippen LogP) is 3.52. The van der Waals surface area contributed by atoms with Gasteiger partial charge in [-0.3, -0.25) is 4.79 Å². The van der Waals surface area contributed by atoms with Crippen LogP contribution in [0.25, 0.3) is 5.69 Å². The SMILES string of the molecule is O=C(c1ccc(N2CCC(NCCc3cnn(-c4ccccc4)c3)CC2)cc1)N1CCCC(CO)C1. The molecule has 7 nitrogen and oxygen atoms in total. The number of amides is 1. The summed E-state index contributed by atoms with van der Waals surface area (Å²) < 4.78 is 1.94. The lowest BCUT2D eigenvalue weighted by molar-refractivity contribution is 0.0620. The van der Waals surface area contributed by atoms with Gasteiger partial charge in [0, 0.05) is 56.3 Å². The molecule has 2 fully saturated rings. The first-order chi connectivity index (χ1) is 17.7. The number of aliphatic hydroxyl groups is 1. The van der Waals surface area contributed by atoms with Gasteiger partial charge >= 0.3 is 0 Å². The van der Waals surface area contributed by atoms with Crippen LogP contribution in [-0.4, -0.2) is 71.1 Å². The first-order valence-corrected chi connectivity index (χ1v) is 13.3. The second-order valence-electron chi connectivity index (χ2n) is 10.1. The Labute approximate surface area is 213 Å². The van der Waals surface area contributed by atoms with Gasteiger partial charge in [-0.05, 0) is 86.5 Å². The Kier molecular flexibility index (Phi) is 7.98. The molecule has 7 heteroatoms. The average Bonchev–Trinajstić information content (AvgIpc) is 3.43. The zero-order valence-corrected chi connectivity index (χ0v) is 20.9. The molecular formula is C29H37N5O2. The van der Waals surface area contributed by atoms with E-state index in [0.29, 0.717) is 12.6 Å². The monoisotopic (exact) mass is 487 g/mol. The van der Waals surface area contributed by atoms with Crippen LogP contribution in [0.1, 0.15) is 41.6 Å². The summed E-state index contributed by atoms with van der Waals surface area (Å²) in [6, 6.07) is 18.8. The highest BCUT2D eigenvalue weighted by molar-refractivity contribution is 5.94. The van der Waals surface area contributed by atoms with E-state index in [9.17, 15) is 9.90 Å². The number of nitrogens with zero attached hydrogens (tertiary/aromatic N) is 4. The molecule has 0 bridgehead atoms. The first kappa shape index (κ1) is 24.5. The van der Waals surface area contributed by atoms with E-state index >= 15 is 0 Å². The zero-order valence-electron chi connectivity index (χ0n) is 20.9. The summed E-state index contributed by atoms with van der Waals surface area (Å²) in [4.78, 5) is 17.2. The Morgan fingerprint density at radius 1 is 0.972 bits per heavy atom. The fraction of sp³-hybridized carbons (Fsp3) is 0.448. The van der Waals surface area contributed by atoms with Gasteiger partial charge in [0.1, 0.15) is 0 Å². The molecule has 0 spiro atoms. The Morgan fingerprint density at radius 3 is 2.50 bits per heavy atom. The number of benzene rings is 2. The Morgan fingerprint density at radius 2 is 1.75 bits per heavy atom. The van der Waals surface area contributed by atoms with Crippen molar-refractivity contribution in [1.29, 1.82) is 0 Å². The Bertz CT molecular complexity index is 1110. The fourth-order valence-electron chi connectivity index (χ4n) is 5.37. The molecule has 190 valence electrons. The van der Waals surface area contributed by atoms with E-state index in [1.807, 2.05) is 46.1 Å². The quantitative estimate of drug-likeness (QED) is 0.509. The number of hydrogen-bond donors (Lipinski definition) is 2. The number of carbonyl (C=O) groups is 1. The smallest absolute Gasteiger partial charge is 0.253 e. The van der Waals surface area contributed by atoms with Crippen molar-refractivity contribution in [2.24, 2.45) is 5.92 Å². The molecule has 1 amide bonds. The topological polar surface area (TPSA) is 73.6 Å². The van der Waals surface area contributed by atoms with Crippen LogP contribution in [0.4, 0.5) is 5.69 Å². The van der Waals surface area contributed by atoms with Gasteiger partial charge in [-0.2, -0.15) is 5.10 Å². The summed E-state index contributed by atoms with van der Waals surface area (Å²) in [7, 11) is 0. The van der Waals surface area contributed by atoms with Crippen molar-refractivity contribution in [3.63, 3.8) is 0 Å². The minimum atomic E-state index is 0.0805. The number of anilines is 1. The third-order valence-electron chi connectivity index (χ3n) is 7.54. The van der Waals surface area contributed by atoms with Crippen molar-refractivity contribution >= 4 is 11.6 Å². The third-order valence-corrected chi connectivity index (χ3v) is 7.54. The lowest BCUT2D eigenvalue weighted by Gasteiger charge is -2.34. The maximum absolute atomic E-state index is 12.9. The number of aromatic nitrogens is 2. The van der Waals surface area contributed by atoms with Gasteiger partial charge in [-0.1, -0.05) is 18.2 Å². The average molecular weight is 488 g/mol. The molecule has 36 heavy (non-hydrogen) atoms. The van der Waals surface area contributed by atoms with Gasteiger partial charge in [0.05, 0.1) is 11.9 Å². The molecule has 0 saturated carbocycles. The highest BCUT2D eigenvalue weighted by atomic mass is 16.3. The molecule has 3 aromatic rings. The molecule has 2 aliphatic rings. The highest BCUT2D eigenvalue weighted by Crippen LogP contribution is 2.23. The van der Waals surface area contributed by atoms with Gasteiger partial charge < -0.3 is 20.2 Å². The predicted molar refractivity (Wildman–Crippen MR) is 143 cm³/mol. The molecule has 5 rings (SSSR count). The minimum absolute atomic E-state index is 0.0805. The summed E-state index contributed by atoms with van der Waals surface area (Å²) in [5, 5.41) is 17.7. The zero-order chi connectivity index (χ0) is 24.7. The van der Waals surface area contributed by atoms with Crippen molar-refractivity contribution in [2.75, 3.05) is 44.2 Å². The molecule has 2 aromatic carbocycles. The second kappa shape index (κ2) is 11.7. The van der Waals surface area contributed by atoms with E-state index in [-0.39, 0.29) is 18.4 Å². The summed E-state index contributed by atoms with van der Waals surface area (Å²) in [5.41, 5.74) is 4.26. The molecule has 0 aliphatic carbocycles. The number of aliphatic hydroxyl groups excluding tert-OH is 1. The number of carbonyl (C=O) groups excluding carboxylic acids is 1. The van der Waals surface area contributed by atoms with Crippen LogP contribution in [0.5, 0.6) is 0 Å². The molecule has 2 aliphatic heterocycles. The maximum atomic E-state index is 12.9. The van der Waals surface area contributed by atoms with Crippen molar-refractivity contribution in [3.8, 4) is 5.69 Å². The van der Waals surface area contributed by atoms with E-state index in [2.05, 4.69) is 45.8 Å². The molecule has 3 heterocycles. The number of para-hydroxylation sites is 1. The van der Waals surface area contributed by atoms with Crippen molar-refractivity contribution in [3.05, 3.63) is 78.1 Å². The molecule has 1 aromatic heterocycles. The van der Waals surface area contributed by atoms with Crippen molar-refractivity contribution in [1.82, 2.24) is 20.0 Å². The van der Waals surface area contributed by atoms with Gasteiger partial charge in [0.15, 0.2) is 0 Å². The molecule has 1 unspecified atom stereocenters. The first-order valence-electron chi connectivity index (χ1n) is 13.3. The fourth-order valence-corrected chi connectivity index (χ4v) is 5.37. The van der Waals surface area contributed by atoms with Crippen molar-refractivity contribution < 1.29 is 9.90 Å². The number of nitrogens with one attached hydrogen (secondary N) is 1. The molecular weight excluding hydrogens is 450 g/mol. The number of likely N-dealkylation sites (tertiary alicyclic amines) is 1. The summed E-state index contributed by atoms with van der Waals surface area (Å²) in [6.45, 7) is 4.59. The van der Waals surface area contributed by atoms with Gasteiger partial charge in [-0.15, -0.1) is 0 Å². The van der Waals surface area contributed by atoms with E-state index in [4.69, 9.17) is 0 Å². The largest absolute Gasteiger partial charge is 0.396 e. The normalized spacial score (nSPS) is 19.0. The standard InChI is InChI=1S/C29H37N5O2/c35-22-24-5-4-16-33(20-24)29(36)25-8-10-27(11-9-25)32-17-13-26(14-18-32)30-15-12-23-19-31-34(21-23)28-6-2-1-3-7-28/h1-3,6-11,19,21,24,26,30,35H,4-5,12-18,20,22H2. The van der Waals surface area contributed by atoms with Crippen LogP contribution in [0, 0.1) is 5.92 Å². The van der Waals surface area contributed by atoms with Gasteiger partial charge in [0.2, 0.25) is 0 Å². The van der Waals surface area contributed by atoms with Crippen LogP contribution in [-0.2, 0) is 6.42 Å². The van der Waals surface area contributed by atoms with Gasteiger partial charge in [-0.25, -0.2) is 4.68 Å². The maximum Gasteiger partial charge on any atom is 0.253 e. The lowest BCUT2D eigenvalue weighted by atomic mass is 9.98. The minimum Gasteiger partial charge on any atom is -0.396 e. The van der Waals surface area contributed by atoms with Crippen LogP contribution in [0.2, 0.25) is 0 Å². The van der Waals surface area contributed by atoms with E-state index in [1.165, 1.54) is 11.3 Å². The molecule has 2 N–H and O–H groups in total. The number of piperidine rings is 2. The van der Waals surface area contributed by atoms with Crippen molar-refractivity contribution in [2.45, 2.75) is 38.1 Å². The molecule has 0 radical (unpaired) electrons. The van der Waals surface area contributed by atoms with Crippen LogP contribution in [0.3, 0.4) is 0 Å². The Balaban J connectivity index is 1.05. The van der Waals surface area contributed by atoms with E-state index in [0.717, 1.165) is 69.5 Å². The molecule has 2 saturated heterocycles. The summed E-state index contributed by atoms with van der Waals surface area (Å²) in [6.07, 6.45) is 9.24. The van der Waals surface area contributed by atoms with E-state index < -0.39 is 0 Å². The van der Waals surface area contributed by atoms with Gasteiger partial charge in [0.25, 0.3) is 5.91 Å². The molecule has 1 atom stereocenters. The summed E-state index contributed by atoms with van der Waals surface area (Å²) >= 11 is 0. The van der Waals surface area contributed by atoms with E-state index in [1.54, 1.807) is 0 Å². The van der Waals surface area contributed by atoms with Crippen LogP contribution in [0.15, 0.2) is 67.0 Å². The number of rotatable bonds is 8. The third kappa shape index (κ3) is 5.97. The highest BCUT2D eigenvalue weighted by Gasteiger charge is 2.24. The van der Waals surface area contributed by atoms with Crippen LogP contribution < -0.4 is 10.2 Å². The lowest BCUT2D eigenvalue weighted by Crippen LogP contribution is -2.43.